The molecule has 0 rings (SSSR count). The van der Waals surface area contributed by atoms with Gasteiger partial charge in [-0.1, -0.05) is 247 Å². The van der Waals surface area contributed by atoms with E-state index < -0.39 is 6.10 Å². The van der Waals surface area contributed by atoms with Gasteiger partial charge < -0.3 is 14.2 Å². The van der Waals surface area contributed by atoms with Gasteiger partial charge in [0.1, 0.15) is 13.2 Å². The van der Waals surface area contributed by atoms with E-state index in [2.05, 4.69) is 51.2 Å². The summed E-state index contributed by atoms with van der Waals surface area (Å²) in [5, 5.41) is 0. The molecule has 384 valence electrons. The van der Waals surface area contributed by atoms with Gasteiger partial charge in [0, 0.05) is 19.3 Å². The van der Waals surface area contributed by atoms with Crippen LogP contribution in [0.3, 0.4) is 0 Å². The van der Waals surface area contributed by atoms with E-state index in [1.54, 1.807) is 0 Å². The average Bonchev–Trinajstić information content (AvgIpc) is 3.33. The predicted octanol–water partition coefficient (Wildman–Crippen LogP) is 18.8. The normalized spacial score (nSPS) is 12.7. The Bertz CT molecular complexity index is 1300. The summed E-state index contributed by atoms with van der Waals surface area (Å²) in [6, 6.07) is 0. The van der Waals surface area contributed by atoms with Crippen LogP contribution in [0.4, 0.5) is 0 Å². The zero-order valence-corrected chi connectivity index (χ0v) is 43.9. The largest absolute Gasteiger partial charge is 0.462 e. The molecule has 0 heterocycles. The van der Waals surface area contributed by atoms with Crippen LogP contribution >= 0.6 is 0 Å². The van der Waals surface area contributed by atoms with E-state index in [1.807, 2.05) is 54.7 Å². The second-order valence-corrected chi connectivity index (χ2v) is 18.6. The highest BCUT2D eigenvalue weighted by Gasteiger charge is 2.19. The van der Waals surface area contributed by atoms with Gasteiger partial charge in [-0.25, -0.2) is 0 Å². The second-order valence-electron chi connectivity index (χ2n) is 18.6. The third-order valence-corrected chi connectivity index (χ3v) is 12.0. The second kappa shape index (κ2) is 55.2. The molecule has 0 fully saturated rings. The Kier molecular flexibility index (Phi) is 52.4. The van der Waals surface area contributed by atoms with Crippen molar-refractivity contribution in [3.63, 3.8) is 0 Å². The monoisotopic (exact) mass is 933 g/mol. The third kappa shape index (κ3) is 53.4. The number of carbonyl (C=O) groups is 3. The maximum Gasteiger partial charge on any atom is 0.306 e. The first-order valence-corrected chi connectivity index (χ1v) is 28.2. The summed E-state index contributed by atoms with van der Waals surface area (Å²) in [6.07, 6.45) is 71.5. The predicted molar refractivity (Wildman–Crippen MR) is 288 cm³/mol. The fraction of sp³-hybridized carbons (Fsp3) is 0.721. The molecule has 0 amide bonds. The lowest BCUT2D eigenvalue weighted by atomic mass is 10.1. The van der Waals surface area contributed by atoms with Crippen molar-refractivity contribution in [2.24, 2.45) is 0 Å². The summed E-state index contributed by atoms with van der Waals surface area (Å²) in [6.45, 7) is 6.43. The van der Waals surface area contributed by atoms with Crippen molar-refractivity contribution in [3.8, 4) is 0 Å². The van der Waals surface area contributed by atoms with Gasteiger partial charge >= 0.3 is 17.9 Å². The minimum absolute atomic E-state index is 0.103. The molecule has 1 atom stereocenters. The van der Waals surface area contributed by atoms with E-state index in [9.17, 15) is 14.4 Å². The van der Waals surface area contributed by atoms with Gasteiger partial charge in [-0.15, -0.1) is 0 Å². The molecular weight excluding hydrogens is 829 g/mol. The van der Waals surface area contributed by atoms with Gasteiger partial charge in [-0.2, -0.15) is 0 Å². The molecule has 6 nitrogen and oxygen atoms in total. The Morgan fingerprint density at radius 1 is 0.313 bits per heavy atom. The Labute approximate surface area is 414 Å². The van der Waals surface area contributed by atoms with Crippen molar-refractivity contribution in [1.29, 1.82) is 0 Å². The van der Waals surface area contributed by atoms with E-state index >= 15 is 0 Å². The van der Waals surface area contributed by atoms with Crippen molar-refractivity contribution in [2.75, 3.05) is 13.2 Å². The Morgan fingerprint density at radius 2 is 0.612 bits per heavy atom. The maximum atomic E-state index is 12.8. The number of hydrogen-bond acceptors (Lipinski definition) is 6. The molecule has 1 unspecified atom stereocenters. The zero-order valence-electron chi connectivity index (χ0n) is 43.9. The highest BCUT2D eigenvalue weighted by atomic mass is 16.6. The van der Waals surface area contributed by atoms with Gasteiger partial charge in [0.2, 0.25) is 0 Å². The number of rotatable bonds is 50. The molecule has 0 aromatic heterocycles. The van der Waals surface area contributed by atoms with Crippen molar-refractivity contribution in [3.05, 3.63) is 85.1 Å². The first-order valence-electron chi connectivity index (χ1n) is 28.2. The highest BCUT2D eigenvalue weighted by Crippen LogP contribution is 2.15. The Balaban J connectivity index is 4.44. The number of unbranched alkanes of at least 4 members (excludes halogenated alkanes) is 29. The lowest BCUT2D eigenvalue weighted by molar-refractivity contribution is -0.167. The molecule has 67 heavy (non-hydrogen) atoms. The van der Waals surface area contributed by atoms with Crippen LogP contribution in [0.25, 0.3) is 0 Å². The quantitative estimate of drug-likeness (QED) is 0.0199. The fourth-order valence-electron chi connectivity index (χ4n) is 7.76. The first-order chi connectivity index (χ1) is 33.0. The van der Waals surface area contributed by atoms with E-state index in [0.717, 1.165) is 51.4 Å². The van der Waals surface area contributed by atoms with Crippen molar-refractivity contribution < 1.29 is 28.6 Å². The van der Waals surface area contributed by atoms with E-state index in [1.165, 1.54) is 167 Å². The summed E-state index contributed by atoms with van der Waals surface area (Å²) in [5.74, 6) is -0.984. The summed E-state index contributed by atoms with van der Waals surface area (Å²) in [7, 11) is 0. The van der Waals surface area contributed by atoms with Crippen LogP contribution in [-0.4, -0.2) is 37.2 Å². The average molecular weight is 933 g/mol. The molecule has 0 saturated heterocycles. The van der Waals surface area contributed by atoms with Crippen LogP contribution in [0.1, 0.15) is 265 Å². The molecule has 0 saturated carbocycles. The number of ether oxygens (including phenoxy) is 3. The lowest BCUT2D eigenvalue weighted by Crippen LogP contribution is -2.30. The molecule has 0 aliphatic carbocycles. The molecule has 6 heteroatoms. The Hall–Kier alpha value is -3.41. The maximum absolute atomic E-state index is 12.8. The smallest absolute Gasteiger partial charge is 0.306 e. The SMILES string of the molecule is CC\C=C/C=C\C=C/C=C\C=C/CCCC(=O)OCC(COC(=O)CCCCCCCCC/C=C\CCCCCCCCCC)OC(=O)CCCCCCCCC/C=C\CCCCCCCC. The van der Waals surface area contributed by atoms with Crippen LogP contribution in [-0.2, 0) is 28.6 Å². The summed E-state index contributed by atoms with van der Waals surface area (Å²) in [4.78, 5) is 38.1. The van der Waals surface area contributed by atoms with Crippen molar-refractivity contribution in [2.45, 2.75) is 271 Å². The molecule has 0 aromatic rings. The molecule has 0 N–H and O–H groups in total. The molecule has 0 radical (unpaired) electrons. The van der Waals surface area contributed by atoms with E-state index in [0.29, 0.717) is 19.3 Å². The van der Waals surface area contributed by atoms with Crippen LogP contribution in [0.2, 0.25) is 0 Å². The van der Waals surface area contributed by atoms with Gasteiger partial charge in [-0.3, -0.25) is 14.4 Å². The molecular formula is C61H104O6. The van der Waals surface area contributed by atoms with Gasteiger partial charge in [0.05, 0.1) is 0 Å². The molecule has 0 spiro atoms. The van der Waals surface area contributed by atoms with Crippen LogP contribution in [0, 0.1) is 0 Å². The van der Waals surface area contributed by atoms with Crippen LogP contribution in [0.5, 0.6) is 0 Å². The fourth-order valence-corrected chi connectivity index (χ4v) is 7.76. The van der Waals surface area contributed by atoms with Crippen LogP contribution in [0.15, 0.2) is 85.1 Å². The number of hydrogen-bond donors (Lipinski definition) is 0. The standard InChI is InChI=1S/C61H104O6/c1-4-7-10-13-16-19-22-25-27-29-30-32-33-36-39-42-45-48-51-54-60(63)66-57-58(56-65-59(62)53-50-47-44-41-38-35-24-21-18-15-12-9-6-3)67-61(64)55-52-49-46-43-40-37-34-31-28-26-23-20-17-14-11-8-5-2/h9,12,15,18,21,24,26,28-30,35,38,41,44,58H,4-8,10-11,13-14,16-17,19-20,22-23,25,27,31-34,36-37,39-40,42-43,45-57H2,1-3H3/b12-9-,18-15-,24-21-,28-26-,30-29-,38-35-,44-41-. The van der Waals surface area contributed by atoms with Gasteiger partial charge in [-0.05, 0) is 83.5 Å². The third-order valence-electron chi connectivity index (χ3n) is 12.0. The minimum atomic E-state index is -0.809. The van der Waals surface area contributed by atoms with Gasteiger partial charge in [0.15, 0.2) is 6.10 Å². The molecule has 0 aromatic carbocycles. The summed E-state index contributed by atoms with van der Waals surface area (Å²) < 4.78 is 16.8. The number of allylic oxidation sites excluding steroid dienone is 14. The molecule has 0 aliphatic heterocycles. The van der Waals surface area contributed by atoms with E-state index in [-0.39, 0.29) is 37.5 Å². The molecule has 0 bridgehead atoms. The topological polar surface area (TPSA) is 78.9 Å². The highest BCUT2D eigenvalue weighted by molar-refractivity contribution is 5.71. The van der Waals surface area contributed by atoms with Crippen molar-refractivity contribution in [1.82, 2.24) is 0 Å². The number of esters is 3. The Morgan fingerprint density at radius 3 is 1.00 bits per heavy atom. The lowest BCUT2D eigenvalue weighted by Gasteiger charge is -2.18. The van der Waals surface area contributed by atoms with Gasteiger partial charge in [0.25, 0.3) is 0 Å². The molecule has 0 aliphatic rings. The van der Waals surface area contributed by atoms with E-state index in [4.69, 9.17) is 14.2 Å². The number of carbonyl (C=O) groups excluding carboxylic acids is 3. The first kappa shape index (κ1) is 63.6. The minimum Gasteiger partial charge on any atom is -0.462 e. The summed E-state index contributed by atoms with van der Waals surface area (Å²) in [5.41, 5.74) is 0. The van der Waals surface area contributed by atoms with Crippen molar-refractivity contribution >= 4 is 17.9 Å². The zero-order chi connectivity index (χ0) is 48.6. The summed E-state index contributed by atoms with van der Waals surface area (Å²) >= 11 is 0. The van der Waals surface area contributed by atoms with Crippen LogP contribution < -0.4 is 0 Å².